The van der Waals surface area contributed by atoms with Crippen molar-refractivity contribution in [1.29, 1.82) is 0 Å². The molecule has 0 aromatic carbocycles. The van der Waals surface area contributed by atoms with E-state index >= 15 is 0 Å². The molecule has 102 valence electrons. The van der Waals surface area contributed by atoms with E-state index in [1.807, 2.05) is 0 Å². The van der Waals surface area contributed by atoms with Crippen molar-refractivity contribution in [2.75, 3.05) is 6.54 Å². The molecule has 2 rings (SSSR count). The van der Waals surface area contributed by atoms with Crippen LogP contribution >= 0.6 is 11.3 Å². The molecule has 1 aliphatic rings. The lowest BCUT2D eigenvalue weighted by atomic mass is 9.71. The Kier molecular flexibility index (Phi) is 4.15. The van der Waals surface area contributed by atoms with Crippen LogP contribution in [0, 0.1) is 5.41 Å². The van der Waals surface area contributed by atoms with E-state index in [9.17, 15) is 5.11 Å². The summed E-state index contributed by atoms with van der Waals surface area (Å²) >= 11 is 1.77. The molecule has 0 amide bonds. The van der Waals surface area contributed by atoms with Crippen molar-refractivity contribution < 1.29 is 5.11 Å². The number of hydrogen-bond acceptors (Lipinski definition) is 3. The molecule has 2 nitrogen and oxygen atoms in total. The highest BCUT2D eigenvalue weighted by atomic mass is 32.1. The summed E-state index contributed by atoms with van der Waals surface area (Å²) in [6.45, 7) is 7.48. The number of aliphatic hydroxyl groups is 1. The molecule has 1 atom stereocenters. The van der Waals surface area contributed by atoms with Gasteiger partial charge in [-0.1, -0.05) is 19.9 Å². The summed E-state index contributed by atoms with van der Waals surface area (Å²) in [5, 5.41) is 16.2. The summed E-state index contributed by atoms with van der Waals surface area (Å²) in [4.78, 5) is 1.34. The molecule has 0 aliphatic heterocycles. The fourth-order valence-corrected chi connectivity index (χ4v) is 3.31. The van der Waals surface area contributed by atoms with Gasteiger partial charge in [0.25, 0.3) is 0 Å². The topological polar surface area (TPSA) is 32.3 Å². The molecular formula is C15H25NOS. The third-order valence-electron chi connectivity index (χ3n) is 4.24. The Balaban J connectivity index is 1.83. The van der Waals surface area contributed by atoms with Crippen LogP contribution in [-0.4, -0.2) is 17.3 Å². The van der Waals surface area contributed by atoms with Crippen molar-refractivity contribution in [3.63, 3.8) is 0 Å². The van der Waals surface area contributed by atoms with Crippen molar-refractivity contribution in [2.45, 2.75) is 58.1 Å². The zero-order chi connectivity index (χ0) is 13.2. The van der Waals surface area contributed by atoms with Gasteiger partial charge in [0.2, 0.25) is 0 Å². The van der Waals surface area contributed by atoms with E-state index in [-0.39, 0.29) is 0 Å². The van der Waals surface area contributed by atoms with Crippen molar-refractivity contribution >= 4 is 11.3 Å². The number of nitrogens with one attached hydrogen (secondary N) is 1. The molecule has 1 aliphatic carbocycles. The summed E-state index contributed by atoms with van der Waals surface area (Å²) in [5.41, 5.74) is -0.0906. The maximum Gasteiger partial charge on any atom is 0.0772 e. The largest absolute Gasteiger partial charge is 0.389 e. The van der Waals surface area contributed by atoms with Gasteiger partial charge in [0.15, 0.2) is 0 Å². The van der Waals surface area contributed by atoms with Gasteiger partial charge in [-0.25, -0.2) is 0 Å². The van der Waals surface area contributed by atoms with Gasteiger partial charge in [-0.05, 0) is 49.5 Å². The van der Waals surface area contributed by atoms with Crippen molar-refractivity contribution in [1.82, 2.24) is 5.32 Å². The maximum atomic E-state index is 10.6. The van der Waals surface area contributed by atoms with Crippen molar-refractivity contribution in [2.24, 2.45) is 5.41 Å². The Morgan fingerprint density at radius 1 is 1.33 bits per heavy atom. The Hall–Kier alpha value is -0.380. The first kappa shape index (κ1) is 14.0. The van der Waals surface area contributed by atoms with E-state index < -0.39 is 5.60 Å². The summed E-state index contributed by atoms with van der Waals surface area (Å²) in [7, 11) is 0. The number of hydrogen-bond donors (Lipinski definition) is 2. The van der Waals surface area contributed by atoms with Gasteiger partial charge >= 0.3 is 0 Å². The number of rotatable bonds is 4. The molecule has 0 bridgehead atoms. The van der Waals surface area contributed by atoms with E-state index in [1.54, 1.807) is 11.3 Å². The average molecular weight is 267 g/mol. The van der Waals surface area contributed by atoms with Crippen LogP contribution in [0.3, 0.4) is 0 Å². The molecule has 0 saturated heterocycles. The zero-order valence-electron chi connectivity index (χ0n) is 11.7. The van der Waals surface area contributed by atoms with E-state index in [4.69, 9.17) is 0 Å². The highest BCUT2D eigenvalue weighted by molar-refractivity contribution is 7.10. The zero-order valence-corrected chi connectivity index (χ0v) is 12.5. The highest BCUT2D eigenvalue weighted by Gasteiger charge is 2.36. The summed E-state index contributed by atoms with van der Waals surface area (Å²) in [6, 6.07) is 4.57. The SMILES string of the molecule is CC(NCC1(O)CCC(C)(C)CC1)c1cccs1. The van der Waals surface area contributed by atoms with Gasteiger partial charge < -0.3 is 10.4 Å². The molecule has 18 heavy (non-hydrogen) atoms. The minimum Gasteiger partial charge on any atom is -0.389 e. The van der Waals surface area contributed by atoms with Gasteiger partial charge in [-0.3, -0.25) is 0 Å². The average Bonchev–Trinajstić information content (AvgIpc) is 2.85. The molecule has 1 aromatic rings. The lowest BCUT2D eigenvalue weighted by molar-refractivity contribution is -0.0257. The van der Waals surface area contributed by atoms with Gasteiger partial charge in [-0.15, -0.1) is 11.3 Å². The lowest BCUT2D eigenvalue weighted by Crippen LogP contribution is -2.45. The molecule has 0 spiro atoms. The van der Waals surface area contributed by atoms with Crippen LogP contribution < -0.4 is 5.32 Å². The standard InChI is InChI=1S/C15H25NOS/c1-12(13-5-4-10-18-13)16-11-15(17)8-6-14(2,3)7-9-15/h4-5,10,12,16-17H,6-9,11H2,1-3H3. The third kappa shape index (κ3) is 3.56. The van der Waals surface area contributed by atoms with Crippen LogP contribution in [0.25, 0.3) is 0 Å². The fraction of sp³-hybridized carbons (Fsp3) is 0.733. The Labute approximate surface area is 114 Å². The van der Waals surface area contributed by atoms with Crippen LogP contribution in [0.5, 0.6) is 0 Å². The van der Waals surface area contributed by atoms with Gasteiger partial charge in [-0.2, -0.15) is 0 Å². The molecule has 0 radical (unpaired) electrons. The number of thiophene rings is 1. The third-order valence-corrected chi connectivity index (χ3v) is 5.30. The van der Waals surface area contributed by atoms with Gasteiger partial charge in [0.05, 0.1) is 5.60 Å². The lowest BCUT2D eigenvalue weighted by Gasteiger charge is -2.40. The summed E-state index contributed by atoms with van der Waals surface area (Å²) < 4.78 is 0. The first-order valence-corrected chi connectivity index (χ1v) is 7.77. The molecule has 1 aromatic heterocycles. The minimum atomic E-state index is -0.499. The van der Waals surface area contributed by atoms with Crippen LogP contribution in [-0.2, 0) is 0 Å². The first-order valence-electron chi connectivity index (χ1n) is 6.89. The van der Waals surface area contributed by atoms with Crippen LogP contribution in [0.2, 0.25) is 0 Å². The molecule has 1 heterocycles. The van der Waals surface area contributed by atoms with Crippen molar-refractivity contribution in [3.05, 3.63) is 22.4 Å². The molecule has 1 fully saturated rings. The van der Waals surface area contributed by atoms with E-state index in [1.165, 1.54) is 4.88 Å². The van der Waals surface area contributed by atoms with Crippen LogP contribution in [0.15, 0.2) is 17.5 Å². The normalized spacial score (nSPS) is 23.8. The molecule has 1 saturated carbocycles. The smallest absolute Gasteiger partial charge is 0.0772 e. The Morgan fingerprint density at radius 2 is 2.00 bits per heavy atom. The van der Waals surface area contributed by atoms with E-state index in [0.29, 0.717) is 18.0 Å². The fourth-order valence-electron chi connectivity index (χ4n) is 2.55. The highest BCUT2D eigenvalue weighted by Crippen LogP contribution is 2.40. The predicted molar refractivity (Wildman–Crippen MR) is 77.9 cm³/mol. The van der Waals surface area contributed by atoms with Crippen LogP contribution in [0.1, 0.15) is 57.4 Å². The second-order valence-electron chi connectivity index (χ2n) is 6.51. The van der Waals surface area contributed by atoms with Gasteiger partial charge in [0, 0.05) is 17.5 Å². The molecule has 1 unspecified atom stereocenters. The van der Waals surface area contributed by atoms with Crippen molar-refractivity contribution in [3.8, 4) is 0 Å². The maximum absolute atomic E-state index is 10.6. The monoisotopic (exact) mass is 267 g/mol. The first-order chi connectivity index (χ1) is 8.40. The Morgan fingerprint density at radius 3 is 2.56 bits per heavy atom. The molecule has 3 heteroatoms. The summed E-state index contributed by atoms with van der Waals surface area (Å²) in [6.07, 6.45) is 4.09. The Bertz CT molecular complexity index is 362. The molecular weight excluding hydrogens is 242 g/mol. The predicted octanol–water partition coefficient (Wildman–Crippen LogP) is 3.73. The van der Waals surface area contributed by atoms with E-state index in [0.717, 1.165) is 25.7 Å². The minimum absolute atomic E-state index is 0.337. The summed E-state index contributed by atoms with van der Waals surface area (Å²) in [5.74, 6) is 0. The second kappa shape index (κ2) is 5.32. The quantitative estimate of drug-likeness (QED) is 0.871. The van der Waals surface area contributed by atoms with Crippen LogP contribution in [0.4, 0.5) is 0 Å². The molecule has 2 N–H and O–H groups in total. The van der Waals surface area contributed by atoms with Gasteiger partial charge in [0.1, 0.15) is 0 Å². The van der Waals surface area contributed by atoms with E-state index in [2.05, 4.69) is 43.6 Å². The second-order valence-corrected chi connectivity index (χ2v) is 7.49.